The van der Waals surface area contributed by atoms with Gasteiger partial charge in [0.05, 0.1) is 0 Å². The molecule has 1 fully saturated rings. The van der Waals surface area contributed by atoms with E-state index in [0.717, 1.165) is 38.7 Å². The lowest BCUT2D eigenvalue weighted by Gasteiger charge is -2.34. The van der Waals surface area contributed by atoms with Crippen LogP contribution in [0.4, 0.5) is 11.6 Å². The number of aromatic nitrogens is 2. The number of hydrogen-bond donors (Lipinski definition) is 0. The minimum Gasteiger partial charge on any atom is -0.378 e. The smallest absolute Gasteiger partial charge is 0.225 e. The quantitative estimate of drug-likeness (QED) is 0.861. The van der Waals surface area contributed by atoms with Crippen molar-refractivity contribution in [3.05, 3.63) is 48.3 Å². The molecule has 3 rings (SSSR count). The second-order valence-corrected chi connectivity index (χ2v) is 5.87. The number of benzene rings is 1. The van der Waals surface area contributed by atoms with Gasteiger partial charge in [-0.25, -0.2) is 9.97 Å². The van der Waals surface area contributed by atoms with Gasteiger partial charge in [0, 0.05) is 64.9 Å². The maximum Gasteiger partial charge on any atom is 0.225 e. The highest BCUT2D eigenvalue weighted by Crippen LogP contribution is 2.15. The molecule has 0 aliphatic carbocycles. The molecule has 0 N–H and O–H groups in total. The third-order valence-corrected chi connectivity index (χ3v) is 4.07. The Labute approximate surface area is 132 Å². The Hall–Kier alpha value is -2.14. The fourth-order valence-electron chi connectivity index (χ4n) is 2.72. The monoisotopic (exact) mass is 297 g/mol. The van der Waals surface area contributed by atoms with Crippen LogP contribution in [0.5, 0.6) is 0 Å². The summed E-state index contributed by atoms with van der Waals surface area (Å²) in [7, 11) is 4.14. The summed E-state index contributed by atoms with van der Waals surface area (Å²) >= 11 is 0. The van der Waals surface area contributed by atoms with Crippen LogP contribution in [-0.4, -0.2) is 55.1 Å². The molecule has 0 unspecified atom stereocenters. The van der Waals surface area contributed by atoms with Gasteiger partial charge in [-0.3, -0.25) is 4.90 Å². The summed E-state index contributed by atoms with van der Waals surface area (Å²) in [5.74, 6) is 0.845. The Morgan fingerprint density at radius 3 is 2.18 bits per heavy atom. The summed E-state index contributed by atoms with van der Waals surface area (Å²) in [5, 5.41) is 0. The second kappa shape index (κ2) is 6.75. The number of anilines is 2. The number of hydrogen-bond acceptors (Lipinski definition) is 5. The molecule has 0 spiro atoms. The minimum absolute atomic E-state index is 0.845. The van der Waals surface area contributed by atoms with Crippen LogP contribution < -0.4 is 9.80 Å². The van der Waals surface area contributed by atoms with Crippen LogP contribution in [0.15, 0.2) is 42.7 Å². The molecule has 1 aliphatic heterocycles. The lowest BCUT2D eigenvalue weighted by atomic mass is 10.1. The van der Waals surface area contributed by atoms with Gasteiger partial charge in [-0.1, -0.05) is 12.1 Å². The van der Waals surface area contributed by atoms with E-state index in [1.165, 1.54) is 11.3 Å². The van der Waals surface area contributed by atoms with E-state index in [1.807, 2.05) is 6.07 Å². The molecule has 1 saturated heterocycles. The Morgan fingerprint density at radius 1 is 0.955 bits per heavy atom. The molecule has 1 aromatic carbocycles. The largest absolute Gasteiger partial charge is 0.378 e. The van der Waals surface area contributed by atoms with Crippen LogP contribution in [0.3, 0.4) is 0 Å². The van der Waals surface area contributed by atoms with Crippen molar-refractivity contribution in [3.8, 4) is 0 Å². The molecular weight excluding hydrogens is 274 g/mol. The van der Waals surface area contributed by atoms with E-state index in [4.69, 9.17) is 0 Å². The molecule has 0 atom stereocenters. The lowest BCUT2D eigenvalue weighted by Crippen LogP contribution is -2.46. The van der Waals surface area contributed by atoms with E-state index in [-0.39, 0.29) is 0 Å². The van der Waals surface area contributed by atoms with Crippen molar-refractivity contribution in [2.24, 2.45) is 0 Å². The van der Waals surface area contributed by atoms with E-state index < -0.39 is 0 Å². The van der Waals surface area contributed by atoms with E-state index in [1.54, 1.807) is 12.4 Å². The molecule has 0 radical (unpaired) electrons. The minimum atomic E-state index is 0.845. The van der Waals surface area contributed by atoms with E-state index in [2.05, 4.69) is 63.0 Å². The number of rotatable bonds is 4. The summed E-state index contributed by atoms with van der Waals surface area (Å²) in [5.41, 5.74) is 2.62. The first-order valence-corrected chi connectivity index (χ1v) is 7.73. The van der Waals surface area contributed by atoms with Crippen LogP contribution in [0, 0.1) is 0 Å². The summed E-state index contributed by atoms with van der Waals surface area (Å²) in [6, 6.07) is 10.7. The summed E-state index contributed by atoms with van der Waals surface area (Å²) in [6.07, 6.45) is 3.61. The predicted molar refractivity (Wildman–Crippen MR) is 90.3 cm³/mol. The van der Waals surface area contributed by atoms with Crippen LogP contribution >= 0.6 is 0 Å². The Bertz CT molecular complexity index is 574. The zero-order valence-electron chi connectivity index (χ0n) is 13.3. The molecular formula is C17H23N5. The molecule has 22 heavy (non-hydrogen) atoms. The van der Waals surface area contributed by atoms with Gasteiger partial charge >= 0.3 is 0 Å². The number of nitrogens with zero attached hydrogens (tertiary/aromatic N) is 5. The van der Waals surface area contributed by atoms with Crippen molar-refractivity contribution in [2.75, 3.05) is 50.1 Å². The lowest BCUT2D eigenvalue weighted by molar-refractivity contribution is 0.248. The predicted octanol–water partition coefficient (Wildman–Crippen LogP) is 1.86. The molecule has 2 heterocycles. The molecule has 1 aromatic heterocycles. The molecule has 116 valence electrons. The van der Waals surface area contributed by atoms with Crippen LogP contribution in [0.1, 0.15) is 5.56 Å². The zero-order valence-corrected chi connectivity index (χ0v) is 13.3. The van der Waals surface area contributed by atoms with Crippen molar-refractivity contribution in [2.45, 2.75) is 6.54 Å². The summed E-state index contributed by atoms with van der Waals surface area (Å²) in [4.78, 5) is 15.5. The highest BCUT2D eigenvalue weighted by atomic mass is 15.3. The Kier molecular flexibility index (Phi) is 4.53. The van der Waals surface area contributed by atoms with Gasteiger partial charge < -0.3 is 9.80 Å². The van der Waals surface area contributed by atoms with Gasteiger partial charge in [0.15, 0.2) is 0 Å². The van der Waals surface area contributed by atoms with Gasteiger partial charge in [-0.2, -0.15) is 0 Å². The first-order chi connectivity index (χ1) is 10.7. The Morgan fingerprint density at radius 2 is 1.59 bits per heavy atom. The first-order valence-electron chi connectivity index (χ1n) is 7.73. The third-order valence-electron chi connectivity index (χ3n) is 4.07. The van der Waals surface area contributed by atoms with Gasteiger partial charge in [0.2, 0.25) is 5.95 Å². The van der Waals surface area contributed by atoms with Crippen molar-refractivity contribution in [3.63, 3.8) is 0 Å². The number of piperazine rings is 1. The van der Waals surface area contributed by atoms with Crippen molar-refractivity contribution >= 4 is 11.6 Å². The highest BCUT2D eigenvalue weighted by molar-refractivity contribution is 5.46. The SMILES string of the molecule is CN(C)c1ccc(CN2CCN(c3ncccn3)CC2)cc1. The third kappa shape index (κ3) is 3.54. The Balaban J connectivity index is 1.53. The molecule has 2 aromatic rings. The van der Waals surface area contributed by atoms with Gasteiger partial charge in [0.25, 0.3) is 0 Å². The normalized spacial score (nSPS) is 15.8. The highest BCUT2D eigenvalue weighted by Gasteiger charge is 2.18. The summed E-state index contributed by atoms with van der Waals surface area (Å²) < 4.78 is 0. The van der Waals surface area contributed by atoms with Crippen molar-refractivity contribution in [1.82, 2.24) is 14.9 Å². The van der Waals surface area contributed by atoms with Crippen LogP contribution in [-0.2, 0) is 6.54 Å². The van der Waals surface area contributed by atoms with Gasteiger partial charge in [-0.15, -0.1) is 0 Å². The van der Waals surface area contributed by atoms with E-state index >= 15 is 0 Å². The van der Waals surface area contributed by atoms with Crippen molar-refractivity contribution in [1.29, 1.82) is 0 Å². The fraction of sp³-hybridized carbons (Fsp3) is 0.412. The molecule has 0 amide bonds. The fourth-order valence-corrected chi connectivity index (χ4v) is 2.72. The molecule has 5 nitrogen and oxygen atoms in total. The maximum atomic E-state index is 4.33. The molecule has 1 aliphatic rings. The molecule has 5 heteroatoms. The standard InChI is InChI=1S/C17H23N5/c1-20(2)16-6-4-15(5-7-16)14-21-10-12-22(13-11-21)17-18-8-3-9-19-17/h3-9H,10-14H2,1-2H3. The maximum absolute atomic E-state index is 4.33. The van der Waals surface area contributed by atoms with E-state index in [0.29, 0.717) is 0 Å². The molecule has 0 saturated carbocycles. The van der Waals surface area contributed by atoms with Crippen LogP contribution in [0.25, 0.3) is 0 Å². The zero-order chi connectivity index (χ0) is 15.4. The first kappa shape index (κ1) is 14.8. The second-order valence-electron chi connectivity index (χ2n) is 5.87. The average molecular weight is 297 g/mol. The van der Waals surface area contributed by atoms with Crippen LogP contribution in [0.2, 0.25) is 0 Å². The van der Waals surface area contributed by atoms with Gasteiger partial charge in [0.1, 0.15) is 0 Å². The van der Waals surface area contributed by atoms with Gasteiger partial charge in [-0.05, 0) is 23.8 Å². The van der Waals surface area contributed by atoms with Crippen molar-refractivity contribution < 1.29 is 0 Å². The molecule has 0 bridgehead atoms. The average Bonchev–Trinajstić information content (AvgIpc) is 2.57. The van der Waals surface area contributed by atoms with E-state index in [9.17, 15) is 0 Å². The summed E-state index contributed by atoms with van der Waals surface area (Å²) in [6.45, 7) is 5.08. The topological polar surface area (TPSA) is 35.5 Å².